The molecule has 0 saturated heterocycles. The summed E-state index contributed by atoms with van der Waals surface area (Å²) < 4.78 is 9.76. The van der Waals surface area contributed by atoms with E-state index in [1.165, 1.54) is 7.11 Å². The SMILES string of the molecule is COC(=O)[C@@H](C)Nc1ccccc1OC. The third-order valence-corrected chi connectivity index (χ3v) is 2.03. The number of para-hydroxylation sites is 2. The topological polar surface area (TPSA) is 47.6 Å². The van der Waals surface area contributed by atoms with Crippen LogP contribution in [0.2, 0.25) is 0 Å². The Morgan fingerprint density at radius 3 is 2.60 bits per heavy atom. The van der Waals surface area contributed by atoms with Gasteiger partial charge in [-0.3, -0.25) is 0 Å². The van der Waals surface area contributed by atoms with Crippen molar-refractivity contribution >= 4 is 11.7 Å². The first-order valence-electron chi connectivity index (χ1n) is 4.66. The molecule has 4 heteroatoms. The Morgan fingerprint density at radius 1 is 1.33 bits per heavy atom. The Hall–Kier alpha value is -1.71. The van der Waals surface area contributed by atoms with Crippen molar-refractivity contribution in [1.82, 2.24) is 0 Å². The number of esters is 1. The molecule has 1 aromatic rings. The summed E-state index contributed by atoms with van der Waals surface area (Å²) >= 11 is 0. The lowest BCUT2D eigenvalue weighted by molar-refractivity contribution is -0.141. The molecule has 1 N–H and O–H groups in total. The van der Waals surface area contributed by atoms with Crippen molar-refractivity contribution in [2.75, 3.05) is 19.5 Å². The summed E-state index contributed by atoms with van der Waals surface area (Å²) in [5.41, 5.74) is 0.776. The van der Waals surface area contributed by atoms with E-state index in [2.05, 4.69) is 10.1 Å². The molecule has 0 aliphatic rings. The number of hydrogen-bond donors (Lipinski definition) is 1. The summed E-state index contributed by atoms with van der Waals surface area (Å²) in [4.78, 5) is 11.2. The first-order chi connectivity index (χ1) is 7.19. The van der Waals surface area contributed by atoms with Gasteiger partial charge in [-0.15, -0.1) is 0 Å². The number of benzene rings is 1. The summed E-state index contributed by atoms with van der Waals surface area (Å²) in [5, 5.41) is 3.01. The molecular formula is C11H15NO3. The standard InChI is InChI=1S/C11H15NO3/c1-8(11(13)15-3)12-9-6-4-5-7-10(9)14-2/h4-8,12H,1-3H3/t8-/m1/s1. The summed E-state index contributed by atoms with van der Waals surface area (Å²) in [7, 11) is 2.95. The summed E-state index contributed by atoms with van der Waals surface area (Å²) in [6, 6.07) is 7.01. The first-order valence-corrected chi connectivity index (χ1v) is 4.66. The van der Waals surface area contributed by atoms with Crippen molar-refractivity contribution < 1.29 is 14.3 Å². The molecule has 0 unspecified atom stereocenters. The van der Waals surface area contributed by atoms with Crippen LogP contribution in [0.25, 0.3) is 0 Å². The van der Waals surface area contributed by atoms with Crippen LogP contribution in [-0.4, -0.2) is 26.2 Å². The number of rotatable bonds is 4. The molecule has 0 spiro atoms. The van der Waals surface area contributed by atoms with Gasteiger partial charge in [-0.1, -0.05) is 12.1 Å². The smallest absolute Gasteiger partial charge is 0.327 e. The zero-order chi connectivity index (χ0) is 11.3. The monoisotopic (exact) mass is 209 g/mol. The minimum absolute atomic E-state index is 0.305. The van der Waals surface area contributed by atoms with Gasteiger partial charge in [0.15, 0.2) is 0 Å². The molecule has 0 fully saturated rings. The number of nitrogens with one attached hydrogen (secondary N) is 1. The van der Waals surface area contributed by atoms with E-state index in [-0.39, 0.29) is 5.97 Å². The second kappa shape index (κ2) is 5.24. The molecule has 0 amide bonds. The molecule has 1 aromatic carbocycles. The van der Waals surface area contributed by atoms with Crippen LogP contribution >= 0.6 is 0 Å². The zero-order valence-corrected chi connectivity index (χ0v) is 9.11. The quantitative estimate of drug-likeness (QED) is 0.766. The van der Waals surface area contributed by atoms with Gasteiger partial charge in [0.05, 0.1) is 19.9 Å². The predicted octanol–water partition coefficient (Wildman–Crippen LogP) is 1.67. The highest BCUT2D eigenvalue weighted by Gasteiger charge is 2.13. The van der Waals surface area contributed by atoms with Crippen LogP contribution in [-0.2, 0) is 9.53 Å². The van der Waals surface area contributed by atoms with E-state index < -0.39 is 6.04 Å². The van der Waals surface area contributed by atoms with Gasteiger partial charge in [0, 0.05) is 0 Å². The minimum Gasteiger partial charge on any atom is -0.495 e. The van der Waals surface area contributed by atoms with Crippen LogP contribution < -0.4 is 10.1 Å². The van der Waals surface area contributed by atoms with Crippen LogP contribution in [0.5, 0.6) is 5.75 Å². The molecular weight excluding hydrogens is 194 g/mol. The minimum atomic E-state index is -0.397. The van der Waals surface area contributed by atoms with Gasteiger partial charge >= 0.3 is 5.97 Å². The second-order valence-electron chi connectivity index (χ2n) is 3.09. The maximum atomic E-state index is 11.2. The fraction of sp³-hybridized carbons (Fsp3) is 0.364. The fourth-order valence-corrected chi connectivity index (χ4v) is 1.23. The highest BCUT2D eigenvalue weighted by Crippen LogP contribution is 2.23. The van der Waals surface area contributed by atoms with E-state index in [9.17, 15) is 4.79 Å². The fourth-order valence-electron chi connectivity index (χ4n) is 1.23. The molecule has 1 atom stereocenters. The van der Waals surface area contributed by atoms with Crippen molar-refractivity contribution in [2.45, 2.75) is 13.0 Å². The van der Waals surface area contributed by atoms with Crippen molar-refractivity contribution in [3.63, 3.8) is 0 Å². The number of ether oxygens (including phenoxy) is 2. The van der Waals surface area contributed by atoms with Gasteiger partial charge in [-0.25, -0.2) is 4.79 Å². The van der Waals surface area contributed by atoms with Crippen molar-refractivity contribution in [2.24, 2.45) is 0 Å². The number of methoxy groups -OCH3 is 2. The summed E-state index contributed by atoms with van der Waals surface area (Å²) in [6.07, 6.45) is 0. The number of carbonyl (C=O) groups excluding carboxylic acids is 1. The Labute approximate surface area is 89.2 Å². The molecule has 0 heterocycles. The van der Waals surface area contributed by atoms with Gasteiger partial charge in [-0.05, 0) is 19.1 Å². The van der Waals surface area contributed by atoms with E-state index in [4.69, 9.17) is 4.74 Å². The average molecular weight is 209 g/mol. The molecule has 82 valence electrons. The average Bonchev–Trinajstić information content (AvgIpc) is 2.28. The van der Waals surface area contributed by atoms with E-state index in [1.54, 1.807) is 14.0 Å². The van der Waals surface area contributed by atoms with Crippen LogP contribution in [0.15, 0.2) is 24.3 Å². The van der Waals surface area contributed by atoms with E-state index in [0.717, 1.165) is 5.69 Å². The predicted molar refractivity (Wildman–Crippen MR) is 58.1 cm³/mol. The number of carbonyl (C=O) groups is 1. The number of anilines is 1. The largest absolute Gasteiger partial charge is 0.495 e. The highest BCUT2D eigenvalue weighted by molar-refractivity contribution is 5.79. The van der Waals surface area contributed by atoms with Gasteiger partial charge < -0.3 is 14.8 Å². The van der Waals surface area contributed by atoms with Gasteiger partial charge in [0.25, 0.3) is 0 Å². The molecule has 1 rings (SSSR count). The third-order valence-electron chi connectivity index (χ3n) is 2.03. The molecule has 0 aliphatic carbocycles. The lowest BCUT2D eigenvalue weighted by Crippen LogP contribution is -2.27. The Morgan fingerprint density at radius 2 is 2.00 bits per heavy atom. The van der Waals surface area contributed by atoms with E-state index in [1.807, 2.05) is 24.3 Å². The normalized spacial score (nSPS) is 11.7. The maximum absolute atomic E-state index is 11.2. The highest BCUT2D eigenvalue weighted by atomic mass is 16.5. The number of hydrogen-bond acceptors (Lipinski definition) is 4. The zero-order valence-electron chi connectivity index (χ0n) is 9.11. The van der Waals surface area contributed by atoms with Crippen LogP contribution in [0.1, 0.15) is 6.92 Å². The van der Waals surface area contributed by atoms with Crippen molar-refractivity contribution in [3.8, 4) is 5.75 Å². The Bertz CT molecular complexity index is 338. The molecule has 0 saturated carbocycles. The lowest BCUT2D eigenvalue weighted by Gasteiger charge is -2.15. The maximum Gasteiger partial charge on any atom is 0.327 e. The molecule has 0 aliphatic heterocycles. The lowest BCUT2D eigenvalue weighted by atomic mass is 10.2. The molecule has 0 radical (unpaired) electrons. The van der Waals surface area contributed by atoms with Crippen molar-refractivity contribution in [3.05, 3.63) is 24.3 Å². The van der Waals surface area contributed by atoms with Crippen LogP contribution in [0.3, 0.4) is 0 Å². The molecule has 15 heavy (non-hydrogen) atoms. The Kier molecular flexibility index (Phi) is 3.97. The van der Waals surface area contributed by atoms with Crippen LogP contribution in [0, 0.1) is 0 Å². The molecule has 0 aromatic heterocycles. The molecule has 4 nitrogen and oxygen atoms in total. The van der Waals surface area contributed by atoms with Crippen molar-refractivity contribution in [1.29, 1.82) is 0 Å². The van der Waals surface area contributed by atoms with Crippen LogP contribution in [0.4, 0.5) is 5.69 Å². The van der Waals surface area contributed by atoms with Gasteiger partial charge in [0.1, 0.15) is 11.8 Å². The summed E-state index contributed by atoms with van der Waals surface area (Å²) in [6.45, 7) is 1.73. The second-order valence-corrected chi connectivity index (χ2v) is 3.09. The van der Waals surface area contributed by atoms with Gasteiger partial charge in [0.2, 0.25) is 0 Å². The third kappa shape index (κ3) is 2.87. The van der Waals surface area contributed by atoms with E-state index >= 15 is 0 Å². The Balaban J connectivity index is 2.75. The van der Waals surface area contributed by atoms with Gasteiger partial charge in [-0.2, -0.15) is 0 Å². The first kappa shape index (κ1) is 11.4. The molecule has 0 bridgehead atoms. The summed E-state index contributed by atoms with van der Waals surface area (Å²) in [5.74, 6) is 0.397. The van der Waals surface area contributed by atoms with E-state index in [0.29, 0.717) is 5.75 Å².